The summed E-state index contributed by atoms with van der Waals surface area (Å²) in [6.45, 7) is 2.58. The van der Waals surface area contributed by atoms with Gasteiger partial charge in [-0.25, -0.2) is 4.98 Å². The number of nitrogens with one attached hydrogen (secondary N) is 1. The standard InChI is InChI=1S/C10H11BrN4O2S/c1-2-15-6-10(13-7-15)18(16,17)14-9-3-4-12-5-8(9)11/h3-7H,2H2,1H3,(H,12,14). The molecule has 0 atom stereocenters. The molecule has 2 rings (SSSR count). The SMILES string of the molecule is CCn1cnc(S(=O)(=O)Nc2ccncc2Br)c1. The number of halogens is 1. The van der Waals surface area contributed by atoms with Gasteiger partial charge in [0.15, 0.2) is 5.03 Å². The average molecular weight is 331 g/mol. The van der Waals surface area contributed by atoms with E-state index in [1.807, 2.05) is 6.92 Å². The molecule has 0 fully saturated rings. The first-order valence-corrected chi connectivity index (χ1v) is 7.44. The van der Waals surface area contributed by atoms with Crippen molar-refractivity contribution in [1.82, 2.24) is 14.5 Å². The Labute approximate surface area is 113 Å². The number of hydrogen-bond donors (Lipinski definition) is 1. The summed E-state index contributed by atoms with van der Waals surface area (Å²) in [6, 6.07) is 1.57. The summed E-state index contributed by atoms with van der Waals surface area (Å²) < 4.78 is 28.8. The van der Waals surface area contributed by atoms with E-state index in [2.05, 4.69) is 30.6 Å². The predicted octanol–water partition coefficient (Wildman–Crippen LogP) is 1.86. The Morgan fingerprint density at radius 2 is 2.28 bits per heavy atom. The molecule has 0 aliphatic heterocycles. The molecule has 6 nitrogen and oxygen atoms in total. The lowest BCUT2D eigenvalue weighted by atomic mass is 10.4. The van der Waals surface area contributed by atoms with Crippen molar-refractivity contribution in [1.29, 1.82) is 0 Å². The molecule has 0 unspecified atom stereocenters. The first kappa shape index (κ1) is 13.0. The van der Waals surface area contributed by atoms with Gasteiger partial charge >= 0.3 is 0 Å². The van der Waals surface area contributed by atoms with Gasteiger partial charge in [0.2, 0.25) is 0 Å². The number of imidazole rings is 1. The molecule has 0 aromatic carbocycles. The summed E-state index contributed by atoms with van der Waals surface area (Å²) in [6.07, 6.45) is 5.99. The molecule has 18 heavy (non-hydrogen) atoms. The largest absolute Gasteiger partial charge is 0.336 e. The van der Waals surface area contributed by atoms with Gasteiger partial charge in [-0.3, -0.25) is 9.71 Å². The summed E-state index contributed by atoms with van der Waals surface area (Å²) >= 11 is 3.23. The Kier molecular flexibility index (Phi) is 3.67. The Hall–Kier alpha value is -1.41. The van der Waals surface area contributed by atoms with Crippen LogP contribution in [0.5, 0.6) is 0 Å². The zero-order valence-electron chi connectivity index (χ0n) is 9.54. The lowest BCUT2D eigenvalue weighted by Gasteiger charge is -2.06. The molecule has 0 radical (unpaired) electrons. The molecule has 0 aliphatic carbocycles. The van der Waals surface area contributed by atoms with Crippen molar-refractivity contribution >= 4 is 31.6 Å². The van der Waals surface area contributed by atoms with Gasteiger partial charge in [-0.1, -0.05) is 0 Å². The summed E-state index contributed by atoms with van der Waals surface area (Å²) in [5.74, 6) is 0. The van der Waals surface area contributed by atoms with E-state index in [9.17, 15) is 8.42 Å². The van der Waals surface area contributed by atoms with Crippen molar-refractivity contribution in [3.05, 3.63) is 35.5 Å². The van der Waals surface area contributed by atoms with Crippen molar-refractivity contribution in [3.63, 3.8) is 0 Å². The Morgan fingerprint density at radius 1 is 1.50 bits per heavy atom. The summed E-state index contributed by atoms with van der Waals surface area (Å²) in [4.78, 5) is 7.73. The Morgan fingerprint density at radius 3 is 2.89 bits per heavy atom. The van der Waals surface area contributed by atoms with E-state index in [0.29, 0.717) is 16.7 Å². The fourth-order valence-electron chi connectivity index (χ4n) is 1.31. The third kappa shape index (κ3) is 2.70. The van der Waals surface area contributed by atoms with Crippen LogP contribution in [0.25, 0.3) is 0 Å². The fourth-order valence-corrected chi connectivity index (χ4v) is 2.82. The van der Waals surface area contributed by atoms with E-state index in [4.69, 9.17) is 0 Å². The monoisotopic (exact) mass is 330 g/mol. The van der Waals surface area contributed by atoms with Crippen molar-refractivity contribution in [2.45, 2.75) is 18.5 Å². The van der Waals surface area contributed by atoms with Crippen LogP contribution >= 0.6 is 15.9 Å². The highest BCUT2D eigenvalue weighted by atomic mass is 79.9. The number of rotatable bonds is 4. The predicted molar refractivity (Wildman–Crippen MR) is 70.6 cm³/mol. The molecule has 96 valence electrons. The minimum absolute atomic E-state index is 0.00642. The Balaban J connectivity index is 2.30. The normalized spacial score (nSPS) is 11.4. The van der Waals surface area contributed by atoms with Gasteiger partial charge < -0.3 is 4.57 Å². The number of sulfonamides is 1. The number of aromatic nitrogens is 3. The maximum absolute atomic E-state index is 12.1. The van der Waals surface area contributed by atoms with Gasteiger partial charge in [0.05, 0.1) is 16.5 Å². The van der Waals surface area contributed by atoms with Crippen molar-refractivity contribution in [2.24, 2.45) is 0 Å². The number of pyridine rings is 1. The molecule has 0 spiro atoms. The molecular formula is C10H11BrN4O2S. The second kappa shape index (κ2) is 5.07. The second-order valence-electron chi connectivity index (χ2n) is 3.50. The molecule has 0 amide bonds. The summed E-state index contributed by atoms with van der Waals surface area (Å²) in [7, 11) is -3.66. The Bertz CT molecular complexity index is 653. The van der Waals surface area contributed by atoms with Gasteiger partial charge in [0, 0.05) is 25.1 Å². The highest BCUT2D eigenvalue weighted by Crippen LogP contribution is 2.22. The van der Waals surface area contributed by atoms with E-state index in [1.165, 1.54) is 24.9 Å². The number of hydrogen-bond acceptors (Lipinski definition) is 4. The molecule has 0 saturated heterocycles. The van der Waals surface area contributed by atoms with Crippen LogP contribution in [0.4, 0.5) is 5.69 Å². The van der Waals surface area contributed by atoms with Crippen molar-refractivity contribution in [3.8, 4) is 0 Å². The first-order valence-electron chi connectivity index (χ1n) is 5.17. The highest BCUT2D eigenvalue weighted by Gasteiger charge is 2.18. The first-order chi connectivity index (χ1) is 8.53. The molecule has 2 heterocycles. The van der Waals surface area contributed by atoms with Crippen LogP contribution < -0.4 is 4.72 Å². The molecule has 0 bridgehead atoms. The van der Waals surface area contributed by atoms with E-state index in [-0.39, 0.29) is 5.03 Å². The average Bonchev–Trinajstić information content (AvgIpc) is 2.81. The molecule has 0 saturated carbocycles. The molecule has 2 aromatic rings. The zero-order chi connectivity index (χ0) is 13.2. The number of nitrogens with zero attached hydrogens (tertiary/aromatic N) is 3. The second-order valence-corrected chi connectivity index (χ2v) is 5.99. The fraction of sp³-hybridized carbons (Fsp3) is 0.200. The lowest BCUT2D eigenvalue weighted by Crippen LogP contribution is -2.13. The smallest absolute Gasteiger partial charge is 0.280 e. The van der Waals surface area contributed by atoms with E-state index < -0.39 is 10.0 Å². The molecule has 0 aliphatic rings. The van der Waals surface area contributed by atoms with Gasteiger partial charge in [0.1, 0.15) is 0 Å². The quantitative estimate of drug-likeness (QED) is 0.928. The van der Waals surface area contributed by atoms with E-state index >= 15 is 0 Å². The highest BCUT2D eigenvalue weighted by molar-refractivity contribution is 9.10. The minimum atomic E-state index is -3.66. The summed E-state index contributed by atoms with van der Waals surface area (Å²) in [5.41, 5.74) is 0.427. The molecular weight excluding hydrogens is 320 g/mol. The van der Waals surface area contributed by atoms with Gasteiger partial charge in [-0.15, -0.1) is 0 Å². The number of aryl methyl sites for hydroxylation is 1. The molecule has 2 aromatic heterocycles. The van der Waals surface area contributed by atoms with Crippen molar-refractivity contribution in [2.75, 3.05) is 4.72 Å². The van der Waals surface area contributed by atoms with Crippen molar-refractivity contribution < 1.29 is 8.42 Å². The summed E-state index contributed by atoms with van der Waals surface area (Å²) in [5, 5.41) is -0.00642. The van der Waals surface area contributed by atoms with Crippen LogP contribution in [-0.4, -0.2) is 23.0 Å². The third-order valence-electron chi connectivity index (χ3n) is 2.27. The number of anilines is 1. The van der Waals surface area contributed by atoms with Crippen LogP contribution in [0.15, 0.2) is 40.5 Å². The third-order valence-corrected chi connectivity index (χ3v) is 4.15. The zero-order valence-corrected chi connectivity index (χ0v) is 11.9. The molecule has 8 heteroatoms. The molecule has 1 N–H and O–H groups in total. The topological polar surface area (TPSA) is 76.9 Å². The maximum Gasteiger partial charge on any atom is 0.280 e. The van der Waals surface area contributed by atoms with Crippen LogP contribution in [-0.2, 0) is 16.6 Å². The lowest BCUT2D eigenvalue weighted by molar-refractivity contribution is 0.598. The van der Waals surface area contributed by atoms with E-state index in [1.54, 1.807) is 10.6 Å². The van der Waals surface area contributed by atoms with Crippen LogP contribution in [0.2, 0.25) is 0 Å². The van der Waals surface area contributed by atoms with Gasteiger partial charge in [0.25, 0.3) is 10.0 Å². The van der Waals surface area contributed by atoms with Gasteiger partial charge in [-0.2, -0.15) is 8.42 Å². The van der Waals surface area contributed by atoms with Gasteiger partial charge in [-0.05, 0) is 28.9 Å². The maximum atomic E-state index is 12.1. The minimum Gasteiger partial charge on any atom is -0.336 e. The van der Waals surface area contributed by atoms with Crippen LogP contribution in [0.3, 0.4) is 0 Å². The van der Waals surface area contributed by atoms with Crippen LogP contribution in [0.1, 0.15) is 6.92 Å². The van der Waals surface area contributed by atoms with E-state index in [0.717, 1.165) is 0 Å². The van der Waals surface area contributed by atoms with Crippen LogP contribution in [0, 0.1) is 0 Å².